The number of hydrogen-bond donors (Lipinski definition) is 4. The number of phenolic OH excluding ortho intramolecular Hbond substituents is 2. The zero-order valence-electron chi connectivity index (χ0n) is 15.3. The first-order chi connectivity index (χ1) is 12.8. The molecule has 0 fully saturated rings. The Hall–Kier alpha value is -3.22. The number of aromatic hydroxyl groups is 3. The summed E-state index contributed by atoms with van der Waals surface area (Å²) < 4.78 is 5.13. The number of esters is 1. The lowest BCUT2D eigenvalue weighted by molar-refractivity contribution is 0.0503. The minimum atomic E-state index is -1.37. The second-order valence-electron chi connectivity index (χ2n) is 5.68. The first-order valence-electron chi connectivity index (χ1n) is 8.55. The van der Waals surface area contributed by atoms with Gasteiger partial charge in [-0.1, -0.05) is 38.5 Å². The van der Waals surface area contributed by atoms with E-state index in [4.69, 9.17) is 25.2 Å². The smallest absolute Gasteiger partial charge is 0.339 e. The maximum Gasteiger partial charge on any atom is 0.339 e. The van der Waals surface area contributed by atoms with E-state index in [0.717, 1.165) is 37.0 Å². The highest BCUT2D eigenvalue weighted by molar-refractivity contribution is 5.92. The molecule has 0 saturated heterocycles. The van der Waals surface area contributed by atoms with Crippen molar-refractivity contribution < 1.29 is 34.8 Å². The van der Waals surface area contributed by atoms with Crippen molar-refractivity contribution in [1.29, 1.82) is 0 Å². The van der Waals surface area contributed by atoms with E-state index in [2.05, 4.69) is 6.92 Å². The first kappa shape index (κ1) is 21.8. The van der Waals surface area contributed by atoms with Gasteiger partial charge >= 0.3 is 11.9 Å². The second kappa shape index (κ2) is 10.7. The molecule has 4 N–H and O–H groups in total. The van der Waals surface area contributed by atoms with Crippen LogP contribution in [0.2, 0.25) is 0 Å². The minimum Gasteiger partial charge on any atom is -0.504 e. The van der Waals surface area contributed by atoms with Gasteiger partial charge in [0.25, 0.3) is 0 Å². The van der Waals surface area contributed by atoms with Gasteiger partial charge in [0.1, 0.15) is 5.56 Å². The van der Waals surface area contributed by atoms with Crippen LogP contribution in [-0.4, -0.2) is 39.0 Å². The molecular formula is C20H24O7. The van der Waals surface area contributed by atoms with Crippen molar-refractivity contribution in [2.45, 2.75) is 33.1 Å². The molecule has 0 heterocycles. The molecule has 0 unspecified atom stereocenters. The van der Waals surface area contributed by atoms with E-state index >= 15 is 0 Å². The monoisotopic (exact) mass is 376 g/mol. The van der Waals surface area contributed by atoms with Gasteiger partial charge in [0, 0.05) is 0 Å². The summed E-state index contributed by atoms with van der Waals surface area (Å²) >= 11 is 0. The molecule has 0 aliphatic heterocycles. The van der Waals surface area contributed by atoms with Gasteiger partial charge in [-0.2, -0.15) is 0 Å². The summed E-state index contributed by atoms with van der Waals surface area (Å²) in [6.07, 6.45) is 2.83. The Morgan fingerprint density at radius 1 is 0.889 bits per heavy atom. The van der Waals surface area contributed by atoms with Crippen molar-refractivity contribution in [3.05, 3.63) is 53.1 Å². The summed E-state index contributed by atoms with van der Waals surface area (Å²) in [6, 6.07) is 9.64. The van der Waals surface area contributed by atoms with Crippen LogP contribution in [0, 0.1) is 0 Å². The number of benzene rings is 2. The van der Waals surface area contributed by atoms with Crippen LogP contribution in [-0.2, 0) is 11.2 Å². The van der Waals surface area contributed by atoms with Crippen molar-refractivity contribution in [2.75, 3.05) is 6.61 Å². The van der Waals surface area contributed by atoms with Gasteiger partial charge in [0.15, 0.2) is 11.5 Å². The van der Waals surface area contributed by atoms with E-state index in [1.807, 2.05) is 31.2 Å². The van der Waals surface area contributed by atoms with E-state index in [9.17, 15) is 9.59 Å². The van der Waals surface area contributed by atoms with Crippen LogP contribution in [0.1, 0.15) is 53.0 Å². The molecule has 7 nitrogen and oxygen atoms in total. The number of aromatic carboxylic acids is 1. The molecule has 0 aromatic heterocycles. The molecule has 146 valence electrons. The van der Waals surface area contributed by atoms with E-state index in [1.165, 1.54) is 0 Å². The molecule has 2 aromatic carbocycles. The van der Waals surface area contributed by atoms with Gasteiger partial charge in [0.05, 0.1) is 12.2 Å². The molecule has 7 heteroatoms. The molecule has 0 spiro atoms. The summed E-state index contributed by atoms with van der Waals surface area (Å²) in [5.41, 5.74) is 1.35. The van der Waals surface area contributed by atoms with Crippen LogP contribution in [0.5, 0.6) is 17.2 Å². The van der Waals surface area contributed by atoms with Gasteiger partial charge in [-0.15, -0.1) is 0 Å². The standard InChI is InChI=1S/C13H18O2.C7H6O5/c1-3-7-11-8-5-6-9-12(11)13(14)15-10-4-2;8-4-2-1-3(7(11)12)5(9)6(4)10/h5-6,8-9H,3-4,7,10H2,1-2H3;1-2,8-10H,(H,11,12). The normalized spacial score (nSPS) is 9.85. The van der Waals surface area contributed by atoms with Crippen LogP contribution in [0.25, 0.3) is 0 Å². The maximum atomic E-state index is 11.7. The van der Waals surface area contributed by atoms with E-state index in [1.54, 1.807) is 0 Å². The number of carboxylic acids is 1. The number of hydrogen-bond acceptors (Lipinski definition) is 6. The lowest BCUT2D eigenvalue weighted by atomic mass is 10.0. The maximum absolute atomic E-state index is 11.7. The fourth-order valence-electron chi connectivity index (χ4n) is 2.22. The average molecular weight is 376 g/mol. The molecule has 0 atom stereocenters. The van der Waals surface area contributed by atoms with Crippen LogP contribution in [0.15, 0.2) is 36.4 Å². The summed E-state index contributed by atoms with van der Waals surface area (Å²) in [6.45, 7) is 4.60. The molecule has 0 aliphatic rings. The quantitative estimate of drug-likeness (QED) is 0.447. The third-order valence-corrected chi connectivity index (χ3v) is 3.55. The number of aryl methyl sites for hydroxylation is 1. The number of rotatable bonds is 6. The van der Waals surface area contributed by atoms with Gasteiger partial charge in [-0.3, -0.25) is 0 Å². The fraction of sp³-hybridized carbons (Fsp3) is 0.300. The van der Waals surface area contributed by atoms with E-state index in [0.29, 0.717) is 12.2 Å². The molecule has 0 bridgehead atoms. The predicted octanol–water partition coefficient (Wildman–Crippen LogP) is 3.71. The number of carboxylic acid groups (broad SMARTS) is 1. The Morgan fingerprint density at radius 3 is 2.15 bits per heavy atom. The zero-order chi connectivity index (χ0) is 20.4. The largest absolute Gasteiger partial charge is 0.504 e. The molecule has 2 rings (SSSR count). The molecule has 27 heavy (non-hydrogen) atoms. The molecular weight excluding hydrogens is 352 g/mol. The highest BCUT2D eigenvalue weighted by Crippen LogP contribution is 2.36. The number of ether oxygens (including phenoxy) is 1. The number of phenols is 3. The first-order valence-corrected chi connectivity index (χ1v) is 8.55. The highest BCUT2D eigenvalue weighted by atomic mass is 16.5. The number of carbonyl (C=O) groups is 2. The molecule has 2 aromatic rings. The topological polar surface area (TPSA) is 124 Å². The van der Waals surface area contributed by atoms with Crippen LogP contribution < -0.4 is 0 Å². The molecule has 0 saturated carbocycles. The van der Waals surface area contributed by atoms with Gasteiger partial charge in [-0.05, 0) is 36.6 Å². The van der Waals surface area contributed by atoms with Crippen molar-refractivity contribution in [2.24, 2.45) is 0 Å². The van der Waals surface area contributed by atoms with Crippen molar-refractivity contribution in [3.8, 4) is 17.2 Å². The summed E-state index contributed by atoms with van der Waals surface area (Å²) in [5, 5.41) is 35.1. The third kappa shape index (κ3) is 6.22. The zero-order valence-corrected chi connectivity index (χ0v) is 15.3. The molecule has 0 aliphatic carbocycles. The fourth-order valence-corrected chi connectivity index (χ4v) is 2.22. The summed E-state index contributed by atoms with van der Waals surface area (Å²) in [7, 11) is 0. The Balaban J connectivity index is 0.000000277. The lowest BCUT2D eigenvalue weighted by Gasteiger charge is -2.07. The average Bonchev–Trinajstić information content (AvgIpc) is 2.65. The van der Waals surface area contributed by atoms with Gasteiger partial charge < -0.3 is 25.2 Å². The predicted molar refractivity (Wildman–Crippen MR) is 99.4 cm³/mol. The Morgan fingerprint density at radius 2 is 1.56 bits per heavy atom. The van der Waals surface area contributed by atoms with E-state index in [-0.39, 0.29) is 5.97 Å². The van der Waals surface area contributed by atoms with Crippen LogP contribution in [0.4, 0.5) is 0 Å². The second-order valence-corrected chi connectivity index (χ2v) is 5.68. The van der Waals surface area contributed by atoms with Crippen molar-refractivity contribution in [1.82, 2.24) is 0 Å². The minimum absolute atomic E-state index is 0.194. The molecule has 0 amide bonds. The van der Waals surface area contributed by atoms with Gasteiger partial charge in [-0.25, -0.2) is 9.59 Å². The summed E-state index contributed by atoms with van der Waals surface area (Å²) in [4.78, 5) is 22.0. The SMILES string of the molecule is CCCOC(=O)c1ccccc1CCC.O=C(O)c1ccc(O)c(O)c1O. The highest BCUT2D eigenvalue weighted by Gasteiger charge is 2.15. The Bertz CT molecular complexity index is 784. The van der Waals surface area contributed by atoms with Crippen molar-refractivity contribution >= 4 is 11.9 Å². The van der Waals surface area contributed by atoms with Crippen molar-refractivity contribution in [3.63, 3.8) is 0 Å². The van der Waals surface area contributed by atoms with E-state index < -0.39 is 28.8 Å². The third-order valence-electron chi connectivity index (χ3n) is 3.55. The van der Waals surface area contributed by atoms with Gasteiger partial charge in [0.2, 0.25) is 5.75 Å². The number of carbonyl (C=O) groups excluding carboxylic acids is 1. The van der Waals surface area contributed by atoms with Crippen LogP contribution >= 0.6 is 0 Å². The lowest BCUT2D eigenvalue weighted by Crippen LogP contribution is -2.08. The summed E-state index contributed by atoms with van der Waals surface area (Å²) in [5.74, 6) is -3.78. The van der Waals surface area contributed by atoms with Crippen LogP contribution in [0.3, 0.4) is 0 Å². The Labute approximate surface area is 157 Å². The molecule has 0 radical (unpaired) electrons. The Kier molecular flexibility index (Phi) is 8.65.